The average Bonchev–Trinajstić information content (AvgIpc) is 1.38. The second-order valence-corrected chi connectivity index (χ2v) is 2.77. The van der Waals surface area contributed by atoms with Crippen LogP contribution < -0.4 is 12.4 Å². The zero-order chi connectivity index (χ0) is 4.28. The summed E-state index contributed by atoms with van der Waals surface area (Å²) in [6.45, 7) is 0. The molecule has 0 aliphatic carbocycles. The van der Waals surface area contributed by atoms with Crippen LogP contribution in [0.2, 0.25) is 5.79 Å². The fourth-order valence-electron chi connectivity index (χ4n) is 0. The summed E-state index contributed by atoms with van der Waals surface area (Å²) in [4.78, 5) is 0. The van der Waals surface area contributed by atoms with Gasteiger partial charge in [-0.15, -0.1) is 0 Å². The maximum absolute atomic E-state index is 2.21. The molecule has 0 radical (unpaired) electrons. The van der Waals surface area contributed by atoms with Crippen molar-refractivity contribution >= 4 is 15.4 Å². The first-order chi connectivity index (χ1) is 2.27. The minimum atomic E-state index is 0. The Kier molecular flexibility index (Phi) is 9.56. The van der Waals surface area contributed by atoms with Gasteiger partial charge < -0.3 is 12.4 Å². The number of nitrogens with zero attached hydrogens (tertiary/aromatic N) is 1. The van der Waals surface area contributed by atoms with E-state index in [4.69, 9.17) is 0 Å². The zero-order valence-electron chi connectivity index (χ0n) is 4.40. The van der Waals surface area contributed by atoms with Gasteiger partial charge in [0.05, 0.1) is 0 Å². The van der Waals surface area contributed by atoms with E-state index < -0.39 is 0 Å². The van der Waals surface area contributed by atoms with Crippen molar-refractivity contribution in [2.45, 2.75) is 5.79 Å². The minimum absolute atomic E-state index is 0. The summed E-state index contributed by atoms with van der Waals surface area (Å²) in [5, 5.41) is 0. The second kappa shape index (κ2) is 5.78. The van der Waals surface area contributed by atoms with Crippen LogP contribution in [-0.4, -0.2) is 33.4 Å². The third-order valence-corrected chi connectivity index (χ3v) is 1.55. The summed E-state index contributed by atoms with van der Waals surface area (Å²) in [5.74, 6) is 2.21. The minimum Gasteiger partial charge on any atom is -1.00 e. The van der Waals surface area contributed by atoms with Crippen LogP contribution >= 0.6 is 0 Å². The molecular weight excluding hydrogens is 112 g/mol. The Morgan fingerprint density at radius 3 is 1.50 bits per heavy atom. The van der Waals surface area contributed by atoms with E-state index in [-0.39, 0.29) is 12.4 Å². The number of halogens is 1. The molecule has 0 saturated heterocycles. The summed E-state index contributed by atoms with van der Waals surface area (Å²) >= 11 is 0.565. The van der Waals surface area contributed by atoms with Crippen molar-refractivity contribution in [3.8, 4) is 0 Å². The number of hydrogen-bond donors (Lipinski definition) is 0. The third-order valence-electron chi connectivity index (χ3n) is 0.516. The molecule has 0 atom stereocenters. The van der Waals surface area contributed by atoms with Gasteiger partial charge in [0, 0.05) is 0 Å². The Morgan fingerprint density at radius 2 is 1.50 bits per heavy atom. The van der Waals surface area contributed by atoms with Crippen molar-refractivity contribution in [1.82, 2.24) is 3.88 Å². The van der Waals surface area contributed by atoms with Crippen molar-refractivity contribution in [2.75, 3.05) is 14.1 Å². The van der Waals surface area contributed by atoms with Crippen LogP contribution in [0.4, 0.5) is 0 Å². The normalized spacial score (nSPS) is 6.67. The van der Waals surface area contributed by atoms with Gasteiger partial charge in [-0.25, -0.2) is 0 Å². The molecule has 0 aromatic carbocycles. The van der Waals surface area contributed by atoms with Crippen molar-refractivity contribution in [2.24, 2.45) is 0 Å². The van der Waals surface area contributed by atoms with Gasteiger partial charge in [0.15, 0.2) is 0 Å². The van der Waals surface area contributed by atoms with Crippen LogP contribution in [0.25, 0.3) is 0 Å². The van der Waals surface area contributed by atoms with Crippen molar-refractivity contribution in [3.63, 3.8) is 0 Å². The maximum Gasteiger partial charge on any atom is -1.00 e. The summed E-state index contributed by atoms with van der Waals surface area (Å²) in [6.07, 6.45) is 0. The van der Waals surface area contributed by atoms with Gasteiger partial charge in [0.1, 0.15) is 0 Å². The first kappa shape index (κ1) is 9.92. The van der Waals surface area contributed by atoms with E-state index in [1.165, 1.54) is 0 Å². The predicted octanol–water partition coefficient (Wildman–Crippen LogP) is -2.78. The van der Waals surface area contributed by atoms with Crippen LogP contribution in [0.1, 0.15) is 0 Å². The van der Waals surface area contributed by atoms with Crippen LogP contribution in [0.3, 0.4) is 0 Å². The fraction of sp³-hybridized carbons (Fsp3) is 1.00. The summed E-state index contributed by atoms with van der Waals surface area (Å²) in [6, 6.07) is 0. The smallest absolute Gasteiger partial charge is 1.00 e. The predicted molar refractivity (Wildman–Crippen MR) is 25.3 cm³/mol. The molecular formula is C3H9AlClN. The maximum atomic E-state index is 2.21. The van der Waals surface area contributed by atoms with Crippen LogP contribution in [0, 0.1) is 0 Å². The molecule has 0 amide bonds. The molecule has 0 spiro atoms. The van der Waals surface area contributed by atoms with E-state index in [1.807, 2.05) is 0 Å². The van der Waals surface area contributed by atoms with E-state index in [2.05, 4.69) is 23.8 Å². The van der Waals surface area contributed by atoms with Crippen LogP contribution in [0.5, 0.6) is 0 Å². The quantitative estimate of drug-likeness (QED) is 0.340. The molecule has 0 fully saturated rings. The SMILES string of the molecule is [CH3][Al+][N](C)C.[Cl-]. The molecule has 0 rings (SSSR count). The fourth-order valence-corrected chi connectivity index (χ4v) is 0. The molecule has 1 nitrogen and oxygen atoms in total. The van der Waals surface area contributed by atoms with Crippen molar-refractivity contribution < 1.29 is 12.4 Å². The van der Waals surface area contributed by atoms with E-state index in [0.29, 0.717) is 15.4 Å². The van der Waals surface area contributed by atoms with Crippen molar-refractivity contribution in [1.29, 1.82) is 0 Å². The Balaban J connectivity index is 0. The first-order valence-corrected chi connectivity index (χ1v) is 3.40. The molecule has 0 aliphatic heterocycles. The molecule has 0 aliphatic rings. The molecule has 0 aromatic rings. The molecule has 0 saturated carbocycles. The Hall–Kier alpha value is 0.782. The van der Waals surface area contributed by atoms with Gasteiger partial charge >= 0.3 is 39.2 Å². The van der Waals surface area contributed by atoms with Gasteiger partial charge in [0.2, 0.25) is 0 Å². The van der Waals surface area contributed by atoms with Crippen molar-refractivity contribution in [3.05, 3.63) is 0 Å². The topological polar surface area (TPSA) is 3.24 Å². The van der Waals surface area contributed by atoms with E-state index >= 15 is 0 Å². The molecule has 3 heteroatoms. The second-order valence-electron chi connectivity index (χ2n) is 1.22. The Labute approximate surface area is 52.1 Å². The van der Waals surface area contributed by atoms with Gasteiger partial charge in [-0.3, -0.25) is 0 Å². The molecule has 0 unspecified atom stereocenters. The largest absolute Gasteiger partial charge is 1.00 e. The van der Waals surface area contributed by atoms with Gasteiger partial charge in [0.25, 0.3) is 0 Å². The first-order valence-electron chi connectivity index (χ1n) is 1.73. The Bertz CT molecular complexity index is 24.8. The molecule has 0 N–H and O–H groups in total. The van der Waals surface area contributed by atoms with Gasteiger partial charge in [-0.1, -0.05) is 0 Å². The standard InChI is InChI=1S/C2H6N.CH3.Al.ClH/c1-3-2;;;/h1-2H3;1H3;;1H/q-1;;+2;/p-1. The summed E-state index contributed by atoms with van der Waals surface area (Å²) in [7, 11) is 4.19. The third kappa shape index (κ3) is 8.84. The van der Waals surface area contributed by atoms with E-state index in [9.17, 15) is 0 Å². The molecule has 6 heavy (non-hydrogen) atoms. The average molecular weight is 122 g/mol. The molecule has 0 bridgehead atoms. The Morgan fingerprint density at radius 1 is 1.33 bits per heavy atom. The zero-order valence-corrected chi connectivity index (χ0v) is 6.31. The summed E-state index contributed by atoms with van der Waals surface area (Å²) < 4.78 is 2.21. The number of rotatable bonds is 1. The van der Waals surface area contributed by atoms with Crippen LogP contribution in [-0.2, 0) is 0 Å². The van der Waals surface area contributed by atoms with Gasteiger partial charge in [-0.2, -0.15) is 0 Å². The molecule has 36 valence electrons. The molecule has 0 aromatic heterocycles. The summed E-state index contributed by atoms with van der Waals surface area (Å²) in [5.41, 5.74) is 0. The number of hydrogen-bond acceptors (Lipinski definition) is 1. The monoisotopic (exact) mass is 121 g/mol. The van der Waals surface area contributed by atoms with Gasteiger partial charge in [-0.05, 0) is 0 Å². The molecule has 0 heterocycles. The van der Waals surface area contributed by atoms with E-state index in [0.717, 1.165) is 0 Å². The van der Waals surface area contributed by atoms with E-state index in [1.54, 1.807) is 0 Å². The van der Waals surface area contributed by atoms with Crippen LogP contribution in [0.15, 0.2) is 0 Å².